The zero-order valence-corrected chi connectivity index (χ0v) is 19.4. The fraction of sp³-hybridized carbons (Fsp3) is 0.261. The van der Waals surface area contributed by atoms with Crippen LogP contribution >= 0.6 is 23.4 Å². The molecule has 0 bridgehead atoms. The van der Waals surface area contributed by atoms with Gasteiger partial charge in [-0.2, -0.15) is 0 Å². The minimum atomic E-state index is -1.83. The number of nitro benzene ring substituents is 1. The number of nitro groups is 1. The van der Waals surface area contributed by atoms with Crippen LogP contribution in [0.3, 0.4) is 0 Å². The van der Waals surface area contributed by atoms with Gasteiger partial charge in [0.05, 0.1) is 4.92 Å². The van der Waals surface area contributed by atoms with Crippen LogP contribution in [0.1, 0.15) is 5.56 Å². The lowest BCUT2D eigenvalue weighted by Gasteiger charge is -2.52. The lowest BCUT2D eigenvalue weighted by molar-refractivity contribution is -0.384. The highest BCUT2D eigenvalue weighted by molar-refractivity contribution is 8.15. The van der Waals surface area contributed by atoms with Crippen LogP contribution in [0.5, 0.6) is 5.75 Å². The minimum Gasteiger partial charge on any atom is -0.487 e. The zero-order chi connectivity index (χ0) is 24.5. The van der Waals surface area contributed by atoms with Crippen LogP contribution in [0, 0.1) is 10.1 Å². The van der Waals surface area contributed by atoms with E-state index < -0.39 is 33.8 Å². The third kappa shape index (κ3) is 4.14. The van der Waals surface area contributed by atoms with E-state index in [9.17, 15) is 24.8 Å². The summed E-state index contributed by atoms with van der Waals surface area (Å²) >= 11 is 7.30. The van der Waals surface area contributed by atoms with Crippen molar-refractivity contribution in [2.75, 3.05) is 12.5 Å². The molecule has 3 unspecified atom stereocenters. The SMILES string of the molecule is C=C(CCl)C(Cc1ccc([N+](=O)[O-])cc1)(C(=O)O)N1C(=O)C2N=C(COc3ccccc3)SC21. The van der Waals surface area contributed by atoms with E-state index in [4.69, 9.17) is 16.3 Å². The van der Waals surface area contributed by atoms with Gasteiger partial charge in [0.2, 0.25) is 0 Å². The highest BCUT2D eigenvalue weighted by atomic mass is 35.5. The Kier molecular flexibility index (Phi) is 6.63. The molecule has 1 saturated heterocycles. The number of carboxylic acid groups (broad SMARTS) is 1. The lowest BCUT2D eigenvalue weighted by atomic mass is 9.80. The fourth-order valence-corrected chi connectivity index (χ4v) is 5.50. The van der Waals surface area contributed by atoms with Crippen molar-refractivity contribution in [2.45, 2.75) is 23.4 Å². The molecule has 2 heterocycles. The summed E-state index contributed by atoms with van der Waals surface area (Å²) in [5.74, 6) is -1.25. The number of amides is 1. The molecule has 4 rings (SSSR count). The number of aliphatic imine (C=N–C) groups is 1. The van der Waals surface area contributed by atoms with Gasteiger partial charge in [0.1, 0.15) is 22.8 Å². The third-order valence-corrected chi connectivity index (χ3v) is 7.31. The van der Waals surface area contributed by atoms with Crippen molar-refractivity contribution < 1.29 is 24.4 Å². The number of aliphatic carboxylic acids is 1. The second-order valence-electron chi connectivity index (χ2n) is 7.79. The Morgan fingerprint density at radius 2 is 1.94 bits per heavy atom. The number of hydrogen-bond donors (Lipinski definition) is 1. The Hall–Kier alpha value is -3.37. The molecule has 0 saturated carbocycles. The molecule has 176 valence electrons. The maximum atomic E-state index is 13.1. The molecule has 0 spiro atoms. The highest BCUT2D eigenvalue weighted by Gasteiger charge is 2.63. The van der Waals surface area contributed by atoms with E-state index in [1.165, 1.54) is 40.9 Å². The van der Waals surface area contributed by atoms with Gasteiger partial charge < -0.3 is 14.7 Å². The van der Waals surface area contributed by atoms with E-state index in [1.54, 1.807) is 12.1 Å². The van der Waals surface area contributed by atoms with Crippen molar-refractivity contribution in [3.63, 3.8) is 0 Å². The van der Waals surface area contributed by atoms with Crippen LogP contribution in [0.4, 0.5) is 5.69 Å². The summed E-state index contributed by atoms with van der Waals surface area (Å²) < 4.78 is 5.72. The van der Waals surface area contributed by atoms with E-state index in [2.05, 4.69) is 11.6 Å². The Morgan fingerprint density at radius 1 is 1.26 bits per heavy atom. The standard InChI is InChI=1S/C23H20ClN3O6S/c1-14(12-24)23(22(29)30,11-15-7-9-16(10-8-15)27(31)32)26-20(28)19-21(26)34-18(25-19)13-33-17-5-3-2-4-6-17/h2-10,19,21H,1,11-13H2,(H,29,30). The van der Waals surface area contributed by atoms with E-state index in [-0.39, 0.29) is 30.2 Å². The van der Waals surface area contributed by atoms with Gasteiger partial charge in [-0.25, -0.2) is 4.79 Å². The summed E-state index contributed by atoms with van der Waals surface area (Å²) in [6, 6.07) is 14.0. The van der Waals surface area contributed by atoms with Crippen molar-refractivity contribution in [2.24, 2.45) is 4.99 Å². The van der Waals surface area contributed by atoms with Gasteiger partial charge in [-0.1, -0.05) is 48.7 Å². The summed E-state index contributed by atoms with van der Waals surface area (Å²) in [6.45, 7) is 4.02. The number of fused-ring (bicyclic) bond motifs is 1. The average molecular weight is 502 g/mol. The van der Waals surface area contributed by atoms with Crippen LogP contribution in [0.15, 0.2) is 71.7 Å². The molecular weight excluding hydrogens is 482 g/mol. The van der Waals surface area contributed by atoms with Gasteiger partial charge in [0, 0.05) is 24.4 Å². The number of ether oxygens (including phenoxy) is 1. The maximum absolute atomic E-state index is 13.1. The van der Waals surface area contributed by atoms with Crippen LogP contribution in [-0.2, 0) is 16.0 Å². The Bertz CT molecular complexity index is 1170. The molecule has 1 fully saturated rings. The topological polar surface area (TPSA) is 122 Å². The monoisotopic (exact) mass is 501 g/mol. The third-order valence-electron chi connectivity index (χ3n) is 5.78. The number of carbonyl (C=O) groups is 2. The van der Waals surface area contributed by atoms with Gasteiger partial charge in [-0.05, 0) is 23.3 Å². The highest BCUT2D eigenvalue weighted by Crippen LogP contribution is 2.46. The first-order valence-corrected chi connectivity index (χ1v) is 11.6. The van der Waals surface area contributed by atoms with Gasteiger partial charge in [-0.3, -0.25) is 19.9 Å². The number of alkyl halides is 1. The first-order valence-electron chi connectivity index (χ1n) is 10.2. The number of benzene rings is 2. The van der Waals surface area contributed by atoms with E-state index in [1.807, 2.05) is 18.2 Å². The molecule has 1 amide bonds. The van der Waals surface area contributed by atoms with Crippen molar-refractivity contribution >= 4 is 46.0 Å². The Morgan fingerprint density at radius 3 is 2.53 bits per heavy atom. The second kappa shape index (κ2) is 9.47. The van der Waals surface area contributed by atoms with Crippen LogP contribution in [0.25, 0.3) is 0 Å². The van der Waals surface area contributed by atoms with Crippen LogP contribution in [-0.4, -0.2) is 61.3 Å². The fourth-order valence-electron chi connectivity index (χ4n) is 4.00. The number of nitrogens with zero attached hydrogens (tertiary/aromatic N) is 3. The minimum absolute atomic E-state index is 0.122. The number of halogens is 1. The van der Waals surface area contributed by atoms with Gasteiger partial charge in [0.15, 0.2) is 11.6 Å². The number of β-lactam (4-membered cyclic amide) rings is 1. The molecule has 2 aliphatic heterocycles. The second-order valence-corrected chi connectivity index (χ2v) is 9.25. The van der Waals surface area contributed by atoms with E-state index in [0.29, 0.717) is 16.4 Å². The quantitative estimate of drug-likeness (QED) is 0.174. The van der Waals surface area contributed by atoms with Gasteiger partial charge in [-0.15, -0.1) is 11.6 Å². The number of carboxylic acids is 1. The molecule has 2 aromatic rings. The molecule has 34 heavy (non-hydrogen) atoms. The predicted molar refractivity (Wildman–Crippen MR) is 128 cm³/mol. The van der Waals surface area contributed by atoms with Crippen LogP contribution < -0.4 is 4.74 Å². The number of thioether (sulfide) groups is 1. The van der Waals surface area contributed by atoms with Crippen molar-refractivity contribution in [1.29, 1.82) is 0 Å². The number of para-hydroxylation sites is 1. The molecule has 0 radical (unpaired) electrons. The molecule has 0 aromatic heterocycles. The predicted octanol–water partition coefficient (Wildman–Crippen LogP) is 3.52. The molecule has 0 aliphatic carbocycles. The Balaban J connectivity index is 1.58. The summed E-state index contributed by atoms with van der Waals surface area (Å²) in [6.07, 6.45) is -0.142. The Labute approximate surface area is 204 Å². The number of non-ortho nitro benzene ring substituents is 1. The molecule has 3 atom stereocenters. The maximum Gasteiger partial charge on any atom is 0.334 e. The molecular formula is C23H20ClN3O6S. The van der Waals surface area contributed by atoms with Gasteiger partial charge in [0.25, 0.3) is 11.6 Å². The first-order chi connectivity index (χ1) is 16.3. The summed E-state index contributed by atoms with van der Waals surface area (Å²) in [5.41, 5.74) is -1.31. The number of likely N-dealkylation sites (tertiary alicyclic amines) is 1. The molecule has 2 aliphatic rings. The van der Waals surface area contributed by atoms with Crippen molar-refractivity contribution in [1.82, 2.24) is 4.90 Å². The van der Waals surface area contributed by atoms with E-state index >= 15 is 0 Å². The van der Waals surface area contributed by atoms with Gasteiger partial charge >= 0.3 is 5.97 Å². The number of hydrogen-bond acceptors (Lipinski definition) is 7. The largest absolute Gasteiger partial charge is 0.487 e. The zero-order valence-electron chi connectivity index (χ0n) is 17.8. The van der Waals surface area contributed by atoms with Crippen LogP contribution in [0.2, 0.25) is 0 Å². The lowest BCUT2D eigenvalue weighted by Crippen LogP contribution is -2.73. The molecule has 2 aromatic carbocycles. The average Bonchev–Trinajstić information content (AvgIpc) is 3.21. The molecule has 11 heteroatoms. The summed E-state index contributed by atoms with van der Waals surface area (Å²) in [4.78, 5) is 41.9. The molecule has 1 N–H and O–H groups in total. The summed E-state index contributed by atoms with van der Waals surface area (Å²) in [5, 5.41) is 21.3. The number of rotatable bonds is 10. The van der Waals surface area contributed by atoms with Crippen molar-refractivity contribution in [3.8, 4) is 5.75 Å². The normalized spacial score (nSPS) is 20.6. The first kappa shape index (κ1) is 23.8. The van der Waals surface area contributed by atoms with E-state index in [0.717, 1.165) is 0 Å². The summed E-state index contributed by atoms with van der Waals surface area (Å²) in [7, 11) is 0. The number of carbonyl (C=O) groups excluding carboxylic acids is 1. The molecule has 9 nitrogen and oxygen atoms in total. The van der Waals surface area contributed by atoms with Crippen molar-refractivity contribution in [3.05, 3.63) is 82.4 Å². The smallest absolute Gasteiger partial charge is 0.334 e.